The number of hydrogen-bond acceptors (Lipinski definition) is 1. The summed E-state index contributed by atoms with van der Waals surface area (Å²) in [6, 6.07) is 8.35. The molecule has 0 aliphatic heterocycles. The summed E-state index contributed by atoms with van der Waals surface area (Å²) in [5.41, 5.74) is 1.36. The molecule has 1 aromatic carbocycles. The second kappa shape index (κ2) is 6.42. The molecule has 0 bridgehead atoms. The van der Waals surface area contributed by atoms with Gasteiger partial charge in [-0.1, -0.05) is 43.1 Å². The molecule has 0 spiro atoms. The highest BCUT2D eigenvalue weighted by atomic mass is 35.5. The van der Waals surface area contributed by atoms with Crippen LogP contribution in [-0.4, -0.2) is 13.1 Å². The third kappa shape index (κ3) is 3.23. The lowest BCUT2D eigenvalue weighted by Crippen LogP contribution is -2.25. The maximum absolute atomic E-state index is 6.31. The molecule has 2 unspecified atom stereocenters. The van der Waals surface area contributed by atoms with E-state index in [9.17, 15) is 0 Å². The van der Waals surface area contributed by atoms with Gasteiger partial charge in [0, 0.05) is 5.02 Å². The van der Waals surface area contributed by atoms with Crippen molar-refractivity contribution in [1.82, 2.24) is 5.32 Å². The average Bonchev–Trinajstić information content (AvgIpc) is 2.78. The number of benzene rings is 1. The molecule has 1 N–H and O–H groups in total. The van der Waals surface area contributed by atoms with Gasteiger partial charge in [-0.3, -0.25) is 0 Å². The summed E-state index contributed by atoms with van der Waals surface area (Å²) in [5.74, 6) is 1.43. The average molecular weight is 252 g/mol. The minimum absolute atomic E-state index is 0.660. The van der Waals surface area contributed by atoms with Gasteiger partial charge in [0.25, 0.3) is 0 Å². The molecule has 1 nitrogen and oxygen atoms in total. The zero-order valence-electron chi connectivity index (χ0n) is 10.6. The summed E-state index contributed by atoms with van der Waals surface area (Å²) in [6.45, 7) is 4.49. The molecule has 17 heavy (non-hydrogen) atoms. The van der Waals surface area contributed by atoms with Crippen LogP contribution in [0.2, 0.25) is 5.02 Å². The Morgan fingerprint density at radius 3 is 2.88 bits per heavy atom. The van der Waals surface area contributed by atoms with Gasteiger partial charge >= 0.3 is 0 Å². The molecule has 2 atom stereocenters. The standard InChI is InChI=1S/C15H22ClN/c1-2-10-17-11-12-6-5-8-13(12)14-7-3-4-9-15(14)16/h3-4,7,9,12-13,17H,2,5-6,8,10-11H2,1H3. The fourth-order valence-corrected chi connectivity index (χ4v) is 3.21. The van der Waals surface area contributed by atoms with Crippen LogP contribution in [-0.2, 0) is 0 Å². The van der Waals surface area contributed by atoms with Crippen molar-refractivity contribution in [3.8, 4) is 0 Å². The van der Waals surface area contributed by atoms with Crippen molar-refractivity contribution in [3.05, 3.63) is 34.9 Å². The number of halogens is 1. The Hall–Kier alpha value is -0.530. The first-order chi connectivity index (χ1) is 8.33. The predicted molar refractivity (Wildman–Crippen MR) is 74.7 cm³/mol. The molecule has 0 aromatic heterocycles. The summed E-state index contributed by atoms with van der Waals surface area (Å²) in [6.07, 6.45) is 5.19. The second-order valence-electron chi connectivity index (χ2n) is 5.02. The summed E-state index contributed by atoms with van der Waals surface area (Å²) >= 11 is 6.31. The Balaban J connectivity index is 2.02. The Morgan fingerprint density at radius 2 is 2.12 bits per heavy atom. The van der Waals surface area contributed by atoms with Crippen molar-refractivity contribution < 1.29 is 0 Å². The van der Waals surface area contributed by atoms with Crippen LogP contribution >= 0.6 is 11.6 Å². The molecule has 2 heteroatoms. The SMILES string of the molecule is CCCNCC1CCCC1c1ccccc1Cl. The highest BCUT2D eigenvalue weighted by Gasteiger charge is 2.29. The van der Waals surface area contributed by atoms with Gasteiger partial charge in [0.2, 0.25) is 0 Å². The number of hydrogen-bond donors (Lipinski definition) is 1. The maximum atomic E-state index is 6.31. The quantitative estimate of drug-likeness (QED) is 0.773. The van der Waals surface area contributed by atoms with E-state index in [0.29, 0.717) is 5.92 Å². The molecule has 2 rings (SSSR count). The molecule has 1 aromatic rings. The lowest BCUT2D eigenvalue weighted by molar-refractivity contribution is 0.444. The molecular weight excluding hydrogens is 230 g/mol. The molecule has 1 saturated carbocycles. The van der Waals surface area contributed by atoms with Gasteiger partial charge in [0.1, 0.15) is 0 Å². The lowest BCUT2D eigenvalue weighted by Gasteiger charge is -2.21. The first kappa shape index (κ1) is 12.9. The van der Waals surface area contributed by atoms with E-state index in [0.717, 1.165) is 24.0 Å². The summed E-state index contributed by atoms with van der Waals surface area (Å²) in [4.78, 5) is 0. The Labute approximate surface area is 110 Å². The van der Waals surface area contributed by atoms with Gasteiger partial charge in [-0.05, 0) is 55.8 Å². The number of rotatable bonds is 5. The topological polar surface area (TPSA) is 12.0 Å². The van der Waals surface area contributed by atoms with E-state index >= 15 is 0 Å². The molecule has 0 radical (unpaired) electrons. The summed E-state index contributed by atoms with van der Waals surface area (Å²) < 4.78 is 0. The molecule has 1 aliphatic carbocycles. The molecular formula is C15H22ClN. The molecule has 0 amide bonds. The van der Waals surface area contributed by atoms with E-state index in [2.05, 4.69) is 24.4 Å². The van der Waals surface area contributed by atoms with Gasteiger partial charge in [0.05, 0.1) is 0 Å². The van der Waals surface area contributed by atoms with Crippen LogP contribution in [0.25, 0.3) is 0 Å². The van der Waals surface area contributed by atoms with Gasteiger partial charge in [-0.2, -0.15) is 0 Å². The van der Waals surface area contributed by atoms with Gasteiger partial charge in [-0.25, -0.2) is 0 Å². The van der Waals surface area contributed by atoms with Crippen LogP contribution in [0, 0.1) is 5.92 Å². The van der Waals surface area contributed by atoms with E-state index in [1.165, 1.54) is 31.2 Å². The van der Waals surface area contributed by atoms with Crippen LogP contribution in [0.1, 0.15) is 44.1 Å². The predicted octanol–water partition coefficient (Wildman–Crippen LogP) is 4.22. The maximum Gasteiger partial charge on any atom is 0.0440 e. The molecule has 1 fully saturated rings. The van der Waals surface area contributed by atoms with E-state index < -0.39 is 0 Å². The monoisotopic (exact) mass is 251 g/mol. The van der Waals surface area contributed by atoms with E-state index in [4.69, 9.17) is 11.6 Å². The molecule has 1 aliphatic rings. The van der Waals surface area contributed by atoms with Crippen molar-refractivity contribution in [1.29, 1.82) is 0 Å². The summed E-state index contributed by atoms with van der Waals surface area (Å²) in [7, 11) is 0. The van der Waals surface area contributed by atoms with Crippen LogP contribution < -0.4 is 5.32 Å². The van der Waals surface area contributed by atoms with Crippen molar-refractivity contribution >= 4 is 11.6 Å². The first-order valence-corrected chi connectivity index (χ1v) is 7.16. The lowest BCUT2D eigenvalue weighted by atomic mass is 9.89. The third-order valence-corrected chi connectivity index (χ3v) is 4.14. The number of nitrogens with one attached hydrogen (secondary N) is 1. The highest BCUT2D eigenvalue weighted by molar-refractivity contribution is 6.31. The van der Waals surface area contributed by atoms with E-state index in [-0.39, 0.29) is 0 Å². The van der Waals surface area contributed by atoms with Gasteiger partial charge < -0.3 is 5.32 Å². The Bertz CT molecular complexity index is 351. The van der Waals surface area contributed by atoms with Crippen molar-refractivity contribution in [2.24, 2.45) is 5.92 Å². The normalized spacial score (nSPS) is 24.1. The summed E-state index contributed by atoms with van der Waals surface area (Å²) in [5, 5.41) is 4.50. The zero-order chi connectivity index (χ0) is 12.1. The third-order valence-electron chi connectivity index (χ3n) is 3.80. The fraction of sp³-hybridized carbons (Fsp3) is 0.600. The minimum atomic E-state index is 0.660. The van der Waals surface area contributed by atoms with Crippen LogP contribution in [0.15, 0.2) is 24.3 Å². The first-order valence-electron chi connectivity index (χ1n) is 6.78. The Morgan fingerprint density at radius 1 is 1.29 bits per heavy atom. The largest absolute Gasteiger partial charge is 0.316 e. The van der Waals surface area contributed by atoms with Crippen molar-refractivity contribution in [2.45, 2.75) is 38.5 Å². The van der Waals surface area contributed by atoms with Gasteiger partial charge in [-0.15, -0.1) is 0 Å². The van der Waals surface area contributed by atoms with E-state index in [1.54, 1.807) is 0 Å². The molecule has 0 heterocycles. The van der Waals surface area contributed by atoms with Crippen molar-refractivity contribution in [3.63, 3.8) is 0 Å². The van der Waals surface area contributed by atoms with Crippen LogP contribution in [0.5, 0.6) is 0 Å². The van der Waals surface area contributed by atoms with Gasteiger partial charge in [0.15, 0.2) is 0 Å². The minimum Gasteiger partial charge on any atom is -0.316 e. The zero-order valence-corrected chi connectivity index (χ0v) is 11.3. The second-order valence-corrected chi connectivity index (χ2v) is 5.43. The van der Waals surface area contributed by atoms with Crippen LogP contribution in [0.4, 0.5) is 0 Å². The van der Waals surface area contributed by atoms with Crippen LogP contribution in [0.3, 0.4) is 0 Å². The van der Waals surface area contributed by atoms with Crippen molar-refractivity contribution in [2.75, 3.05) is 13.1 Å². The van der Waals surface area contributed by atoms with E-state index in [1.807, 2.05) is 12.1 Å². The molecule has 0 saturated heterocycles. The Kier molecular flexibility index (Phi) is 4.87. The molecule has 94 valence electrons. The highest BCUT2D eigenvalue weighted by Crippen LogP contribution is 2.41. The smallest absolute Gasteiger partial charge is 0.0440 e. The fourth-order valence-electron chi connectivity index (χ4n) is 2.93.